The maximum atomic E-state index is 12.5. The summed E-state index contributed by atoms with van der Waals surface area (Å²) >= 11 is 3.53. The first-order valence-electron chi connectivity index (χ1n) is 7.45. The van der Waals surface area contributed by atoms with Crippen molar-refractivity contribution in [3.63, 3.8) is 0 Å². The van der Waals surface area contributed by atoms with Crippen molar-refractivity contribution in [2.24, 2.45) is 0 Å². The van der Waals surface area contributed by atoms with E-state index in [0.717, 1.165) is 41.4 Å². The molecule has 4 nitrogen and oxygen atoms in total. The minimum Gasteiger partial charge on any atom is -0.372 e. The van der Waals surface area contributed by atoms with Gasteiger partial charge in [0.1, 0.15) is 6.04 Å². The summed E-state index contributed by atoms with van der Waals surface area (Å²) in [6.07, 6.45) is 4.40. The number of benzene rings is 1. The molecule has 1 unspecified atom stereocenters. The van der Waals surface area contributed by atoms with Gasteiger partial charge in [-0.1, -0.05) is 25.0 Å². The topological polar surface area (TPSA) is 49.4 Å². The third kappa shape index (κ3) is 2.71. The number of imide groups is 1. The molecule has 2 fully saturated rings. The van der Waals surface area contributed by atoms with Crippen LogP contribution in [0.3, 0.4) is 0 Å². The molecule has 0 aromatic heterocycles. The van der Waals surface area contributed by atoms with Crippen LogP contribution in [-0.2, 0) is 9.59 Å². The average molecular weight is 351 g/mol. The summed E-state index contributed by atoms with van der Waals surface area (Å²) in [6.45, 7) is 2.00. The Morgan fingerprint density at radius 1 is 1.24 bits per heavy atom. The average Bonchev–Trinajstić information content (AvgIpc) is 3.04. The summed E-state index contributed by atoms with van der Waals surface area (Å²) in [7, 11) is 0. The Labute approximate surface area is 133 Å². The van der Waals surface area contributed by atoms with Crippen molar-refractivity contribution >= 4 is 33.4 Å². The highest BCUT2D eigenvalue weighted by molar-refractivity contribution is 9.10. The zero-order chi connectivity index (χ0) is 15.0. The van der Waals surface area contributed by atoms with E-state index < -0.39 is 6.04 Å². The lowest BCUT2D eigenvalue weighted by Gasteiger charge is -2.22. The van der Waals surface area contributed by atoms with E-state index in [9.17, 15) is 9.59 Å². The number of likely N-dealkylation sites (tertiary alicyclic amines) is 1. The first-order chi connectivity index (χ1) is 10.1. The van der Waals surface area contributed by atoms with Gasteiger partial charge >= 0.3 is 0 Å². The zero-order valence-corrected chi connectivity index (χ0v) is 13.6. The Morgan fingerprint density at radius 3 is 2.67 bits per heavy atom. The van der Waals surface area contributed by atoms with Crippen LogP contribution in [0.1, 0.15) is 37.7 Å². The lowest BCUT2D eigenvalue weighted by molar-refractivity contribution is -0.141. The summed E-state index contributed by atoms with van der Waals surface area (Å²) < 4.78 is 0.949. The van der Waals surface area contributed by atoms with Crippen LogP contribution in [0, 0.1) is 6.92 Å². The lowest BCUT2D eigenvalue weighted by Crippen LogP contribution is -2.41. The Balaban J connectivity index is 1.76. The molecule has 0 radical (unpaired) electrons. The Hall–Kier alpha value is -1.36. The molecule has 1 atom stereocenters. The Bertz CT molecular complexity index is 582. The van der Waals surface area contributed by atoms with E-state index in [1.807, 2.05) is 25.1 Å². The molecule has 0 bridgehead atoms. The first-order valence-corrected chi connectivity index (χ1v) is 8.25. The summed E-state index contributed by atoms with van der Waals surface area (Å²) in [5, 5.41) is 3.22. The van der Waals surface area contributed by atoms with Crippen LogP contribution < -0.4 is 5.32 Å². The van der Waals surface area contributed by atoms with E-state index >= 15 is 0 Å². The molecule has 21 heavy (non-hydrogen) atoms. The van der Waals surface area contributed by atoms with Gasteiger partial charge in [-0.15, -0.1) is 0 Å². The van der Waals surface area contributed by atoms with Crippen molar-refractivity contribution in [2.75, 3.05) is 5.32 Å². The number of nitrogens with zero attached hydrogens (tertiary/aromatic N) is 1. The second-order valence-electron chi connectivity index (χ2n) is 5.88. The van der Waals surface area contributed by atoms with Crippen LogP contribution in [-0.4, -0.2) is 28.8 Å². The van der Waals surface area contributed by atoms with Crippen LogP contribution in [0.5, 0.6) is 0 Å². The SMILES string of the molecule is Cc1cccc(NC2CC(=O)N(C3CCCC3)C2=O)c1Br. The molecule has 1 saturated carbocycles. The number of anilines is 1. The van der Waals surface area contributed by atoms with Gasteiger partial charge in [-0.2, -0.15) is 0 Å². The van der Waals surface area contributed by atoms with Crippen molar-refractivity contribution in [2.45, 2.75) is 51.1 Å². The van der Waals surface area contributed by atoms with Gasteiger partial charge in [0.05, 0.1) is 6.42 Å². The van der Waals surface area contributed by atoms with E-state index in [0.29, 0.717) is 0 Å². The molecular weight excluding hydrogens is 332 g/mol. The molecule has 112 valence electrons. The van der Waals surface area contributed by atoms with Crippen LogP contribution in [0.4, 0.5) is 5.69 Å². The molecule has 1 aromatic carbocycles. The molecule has 0 spiro atoms. The largest absolute Gasteiger partial charge is 0.372 e. The van der Waals surface area contributed by atoms with Crippen molar-refractivity contribution in [3.05, 3.63) is 28.2 Å². The summed E-state index contributed by atoms with van der Waals surface area (Å²) in [6, 6.07) is 5.56. The molecule has 2 amide bonds. The van der Waals surface area contributed by atoms with Crippen LogP contribution in [0.2, 0.25) is 0 Å². The van der Waals surface area contributed by atoms with E-state index in [-0.39, 0.29) is 24.3 Å². The highest BCUT2D eigenvalue weighted by Gasteiger charge is 2.43. The van der Waals surface area contributed by atoms with Crippen LogP contribution in [0.25, 0.3) is 0 Å². The van der Waals surface area contributed by atoms with Crippen molar-refractivity contribution in [3.8, 4) is 0 Å². The number of aryl methyl sites for hydroxylation is 1. The fraction of sp³-hybridized carbons (Fsp3) is 0.500. The molecule has 1 saturated heterocycles. The minimum absolute atomic E-state index is 0.0341. The van der Waals surface area contributed by atoms with E-state index in [4.69, 9.17) is 0 Å². The molecule has 1 aliphatic carbocycles. The molecule has 1 aromatic rings. The smallest absolute Gasteiger partial charge is 0.252 e. The monoisotopic (exact) mass is 350 g/mol. The molecule has 1 heterocycles. The third-order valence-electron chi connectivity index (χ3n) is 4.39. The molecule has 1 aliphatic heterocycles. The van der Waals surface area contributed by atoms with Gasteiger partial charge in [0.2, 0.25) is 5.91 Å². The maximum absolute atomic E-state index is 12.5. The predicted molar refractivity (Wildman–Crippen MR) is 85.0 cm³/mol. The predicted octanol–water partition coefficient (Wildman–Crippen LogP) is 3.24. The van der Waals surface area contributed by atoms with E-state index in [1.165, 1.54) is 4.90 Å². The van der Waals surface area contributed by atoms with Crippen molar-refractivity contribution < 1.29 is 9.59 Å². The molecule has 5 heteroatoms. The summed E-state index contributed by atoms with van der Waals surface area (Å²) in [5.74, 6) is -0.103. The van der Waals surface area contributed by atoms with Gasteiger partial charge in [-0.05, 0) is 47.3 Å². The minimum atomic E-state index is -0.434. The number of hydrogen-bond acceptors (Lipinski definition) is 3. The van der Waals surface area contributed by atoms with Gasteiger partial charge in [0.15, 0.2) is 0 Å². The summed E-state index contributed by atoms with van der Waals surface area (Å²) in [5.41, 5.74) is 1.97. The van der Waals surface area contributed by atoms with Crippen LogP contribution in [0.15, 0.2) is 22.7 Å². The Kier molecular flexibility index (Phi) is 4.02. The van der Waals surface area contributed by atoms with Gasteiger partial charge in [0.25, 0.3) is 5.91 Å². The number of carbonyl (C=O) groups excluding carboxylic acids is 2. The number of hydrogen-bond donors (Lipinski definition) is 1. The number of rotatable bonds is 3. The van der Waals surface area contributed by atoms with Crippen molar-refractivity contribution in [1.82, 2.24) is 4.90 Å². The van der Waals surface area contributed by atoms with Gasteiger partial charge in [0, 0.05) is 16.2 Å². The fourth-order valence-corrected chi connectivity index (χ4v) is 3.64. The number of carbonyl (C=O) groups is 2. The zero-order valence-electron chi connectivity index (χ0n) is 12.1. The molecule has 1 N–H and O–H groups in total. The molecule has 3 rings (SSSR count). The second-order valence-corrected chi connectivity index (χ2v) is 6.67. The standard InChI is InChI=1S/C16H19BrN2O2/c1-10-5-4-8-12(15(10)17)18-13-9-14(20)19(16(13)21)11-6-2-3-7-11/h4-5,8,11,13,18H,2-3,6-7,9H2,1H3. The highest BCUT2D eigenvalue weighted by atomic mass is 79.9. The Morgan fingerprint density at radius 2 is 1.95 bits per heavy atom. The highest BCUT2D eigenvalue weighted by Crippen LogP contribution is 2.31. The number of halogens is 1. The number of nitrogens with one attached hydrogen (secondary N) is 1. The molecule has 2 aliphatic rings. The number of amides is 2. The summed E-state index contributed by atoms with van der Waals surface area (Å²) in [4.78, 5) is 26.2. The first kappa shape index (κ1) is 14.6. The lowest BCUT2D eigenvalue weighted by atomic mass is 10.2. The normalized spacial score (nSPS) is 23.1. The fourth-order valence-electron chi connectivity index (χ4n) is 3.26. The quantitative estimate of drug-likeness (QED) is 0.851. The second kappa shape index (κ2) is 5.79. The van der Waals surface area contributed by atoms with E-state index in [2.05, 4.69) is 21.2 Å². The molecular formula is C16H19BrN2O2. The van der Waals surface area contributed by atoms with Crippen LogP contribution >= 0.6 is 15.9 Å². The maximum Gasteiger partial charge on any atom is 0.252 e. The van der Waals surface area contributed by atoms with Crippen molar-refractivity contribution in [1.29, 1.82) is 0 Å². The van der Waals surface area contributed by atoms with Gasteiger partial charge in [-0.25, -0.2) is 0 Å². The van der Waals surface area contributed by atoms with Gasteiger partial charge < -0.3 is 5.32 Å². The van der Waals surface area contributed by atoms with E-state index in [1.54, 1.807) is 0 Å². The third-order valence-corrected chi connectivity index (χ3v) is 5.45. The van der Waals surface area contributed by atoms with Gasteiger partial charge in [-0.3, -0.25) is 14.5 Å².